The number of amides is 1. The topological polar surface area (TPSA) is 57.7 Å². The second kappa shape index (κ2) is 7.84. The van der Waals surface area contributed by atoms with Crippen LogP contribution in [-0.4, -0.2) is 38.3 Å². The molecule has 0 N–H and O–H groups in total. The Morgan fingerprint density at radius 1 is 0.931 bits per heavy atom. The first-order chi connectivity index (χ1) is 13.9. The second-order valence-corrected chi connectivity index (χ2v) is 9.38. The van der Waals surface area contributed by atoms with Crippen LogP contribution in [0.4, 0.5) is 14.5 Å². The summed E-state index contributed by atoms with van der Waals surface area (Å²) in [4.78, 5) is 14.5. The molecule has 0 aliphatic carbocycles. The van der Waals surface area contributed by atoms with Crippen molar-refractivity contribution in [3.63, 3.8) is 0 Å². The van der Waals surface area contributed by atoms with Gasteiger partial charge < -0.3 is 4.90 Å². The summed E-state index contributed by atoms with van der Waals surface area (Å²) in [5.41, 5.74) is 0.701. The Hall–Kier alpha value is -2.32. The minimum atomic E-state index is -3.68. The minimum Gasteiger partial charge on any atom is -0.308 e. The lowest BCUT2D eigenvalue weighted by atomic mass is 10.00. The number of hydrogen-bond acceptors (Lipinski definition) is 3. The first-order valence-electron chi connectivity index (χ1n) is 9.78. The van der Waals surface area contributed by atoms with Crippen LogP contribution in [-0.2, 0) is 16.4 Å². The summed E-state index contributed by atoms with van der Waals surface area (Å²) in [5.74, 6) is -1.88. The van der Waals surface area contributed by atoms with Crippen molar-refractivity contribution in [2.75, 3.05) is 24.5 Å². The average molecular weight is 420 g/mol. The molecule has 5 nitrogen and oxygen atoms in total. The van der Waals surface area contributed by atoms with Crippen LogP contribution in [0.2, 0.25) is 0 Å². The van der Waals surface area contributed by atoms with Crippen LogP contribution in [0.15, 0.2) is 41.3 Å². The van der Waals surface area contributed by atoms with E-state index in [2.05, 4.69) is 0 Å². The maximum absolute atomic E-state index is 14.1. The van der Waals surface area contributed by atoms with Gasteiger partial charge in [0.15, 0.2) is 0 Å². The van der Waals surface area contributed by atoms with Crippen LogP contribution in [0.3, 0.4) is 0 Å². The quantitative estimate of drug-likeness (QED) is 0.760. The number of sulfonamides is 1. The van der Waals surface area contributed by atoms with E-state index in [1.54, 1.807) is 0 Å². The largest absolute Gasteiger partial charge is 0.308 e. The highest BCUT2D eigenvalue weighted by atomic mass is 32.2. The van der Waals surface area contributed by atoms with Gasteiger partial charge in [-0.1, -0.05) is 12.5 Å². The van der Waals surface area contributed by atoms with E-state index in [4.69, 9.17) is 0 Å². The van der Waals surface area contributed by atoms with Crippen molar-refractivity contribution in [2.45, 2.75) is 37.0 Å². The Bertz CT molecular complexity index is 1050. The van der Waals surface area contributed by atoms with Crippen LogP contribution in [0.5, 0.6) is 0 Å². The molecule has 0 bridgehead atoms. The van der Waals surface area contributed by atoms with Gasteiger partial charge >= 0.3 is 0 Å². The van der Waals surface area contributed by atoms with Crippen molar-refractivity contribution in [3.05, 3.63) is 59.2 Å². The third-order valence-corrected chi connectivity index (χ3v) is 7.41. The van der Waals surface area contributed by atoms with E-state index in [1.807, 2.05) is 0 Å². The van der Waals surface area contributed by atoms with Crippen molar-refractivity contribution in [2.24, 2.45) is 0 Å². The summed E-state index contributed by atoms with van der Waals surface area (Å²) < 4.78 is 55.2. The fraction of sp³-hybridized carbons (Fsp3) is 0.381. The fourth-order valence-corrected chi connectivity index (χ4v) is 5.59. The van der Waals surface area contributed by atoms with Gasteiger partial charge in [-0.05, 0) is 49.9 Å². The maximum atomic E-state index is 14.1. The average Bonchev–Trinajstić information content (AvgIpc) is 2.73. The van der Waals surface area contributed by atoms with E-state index in [1.165, 1.54) is 33.5 Å². The van der Waals surface area contributed by atoms with Gasteiger partial charge in [0, 0.05) is 36.8 Å². The molecule has 1 saturated heterocycles. The van der Waals surface area contributed by atoms with Gasteiger partial charge in [0.05, 0.1) is 10.6 Å². The molecular weight excluding hydrogens is 398 g/mol. The number of hydrogen-bond donors (Lipinski definition) is 0. The molecule has 1 amide bonds. The molecular formula is C21H22F2N2O3S. The fourth-order valence-electron chi connectivity index (χ4n) is 4.02. The lowest BCUT2D eigenvalue weighted by molar-refractivity contribution is 0.0984. The zero-order chi connectivity index (χ0) is 20.6. The highest BCUT2D eigenvalue weighted by Crippen LogP contribution is 2.32. The molecule has 2 aliphatic heterocycles. The summed E-state index contributed by atoms with van der Waals surface area (Å²) >= 11 is 0. The van der Waals surface area contributed by atoms with Crippen LogP contribution >= 0.6 is 0 Å². The monoisotopic (exact) mass is 420 g/mol. The molecule has 0 radical (unpaired) electrons. The Kier molecular flexibility index (Phi) is 5.40. The molecule has 2 aromatic carbocycles. The zero-order valence-corrected chi connectivity index (χ0v) is 16.7. The Morgan fingerprint density at radius 2 is 1.69 bits per heavy atom. The number of fused-ring (bicyclic) bond motifs is 1. The number of carbonyl (C=O) groups is 1. The molecule has 0 atom stereocenters. The zero-order valence-electron chi connectivity index (χ0n) is 15.9. The number of carbonyl (C=O) groups excluding carboxylic acids is 1. The summed E-state index contributed by atoms with van der Waals surface area (Å²) in [6.07, 6.45) is 3.62. The Morgan fingerprint density at radius 3 is 2.45 bits per heavy atom. The second-order valence-electron chi connectivity index (χ2n) is 7.44. The van der Waals surface area contributed by atoms with Gasteiger partial charge in [-0.2, -0.15) is 4.31 Å². The third kappa shape index (κ3) is 3.79. The highest BCUT2D eigenvalue weighted by molar-refractivity contribution is 7.89. The van der Waals surface area contributed by atoms with Gasteiger partial charge in [0.25, 0.3) is 5.91 Å². The van der Waals surface area contributed by atoms with Crippen LogP contribution in [0.25, 0.3) is 0 Å². The molecule has 0 unspecified atom stereocenters. The molecule has 0 aromatic heterocycles. The van der Waals surface area contributed by atoms with E-state index in [0.29, 0.717) is 38.0 Å². The van der Waals surface area contributed by atoms with Gasteiger partial charge in [0.2, 0.25) is 10.0 Å². The van der Waals surface area contributed by atoms with Gasteiger partial charge in [-0.25, -0.2) is 17.2 Å². The van der Waals surface area contributed by atoms with Gasteiger partial charge in [-0.15, -0.1) is 0 Å². The number of rotatable bonds is 3. The van der Waals surface area contributed by atoms with Crippen molar-refractivity contribution < 1.29 is 22.0 Å². The minimum absolute atomic E-state index is 0.0629. The van der Waals surface area contributed by atoms with E-state index >= 15 is 0 Å². The van der Waals surface area contributed by atoms with E-state index in [9.17, 15) is 22.0 Å². The summed E-state index contributed by atoms with van der Waals surface area (Å²) in [5, 5.41) is 0. The Labute approximate surface area is 169 Å². The highest BCUT2D eigenvalue weighted by Gasteiger charge is 2.29. The standard InChI is InChI=1S/C21H22F2N2O3S/c22-16-13-19(23)18-8-5-11-25(20(18)14-16)21(26)15-6-4-7-17(12-15)29(27,28)24-9-2-1-3-10-24/h4,6-7,12-14H,1-3,5,8-11H2. The summed E-state index contributed by atoms with van der Waals surface area (Å²) in [7, 11) is -3.68. The van der Waals surface area contributed by atoms with E-state index in [-0.39, 0.29) is 16.1 Å². The predicted octanol–water partition coefficient (Wildman–Crippen LogP) is 3.73. The maximum Gasteiger partial charge on any atom is 0.258 e. The first kappa shape index (κ1) is 20.0. The molecule has 8 heteroatoms. The summed E-state index contributed by atoms with van der Waals surface area (Å²) in [6, 6.07) is 7.87. The lowest BCUT2D eigenvalue weighted by Gasteiger charge is -2.30. The normalized spacial score (nSPS) is 17.8. The Balaban J connectivity index is 1.67. The molecule has 1 fully saturated rings. The molecule has 2 aliphatic rings. The number of piperidine rings is 1. The number of halogens is 2. The molecule has 0 saturated carbocycles. The molecule has 154 valence electrons. The van der Waals surface area contributed by atoms with Crippen LogP contribution < -0.4 is 4.90 Å². The predicted molar refractivity (Wildman–Crippen MR) is 105 cm³/mol. The molecule has 0 spiro atoms. The molecule has 2 heterocycles. The third-order valence-electron chi connectivity index (χ3n) is 5.51. The van der Waals surface area contributed by atoms with Crippen molar-refractivity contribution >= 4 is 21.6 Å². The molecule has 29 heavy (non-hydrogen) atoms. The number of anilines is 1. The van der Waals surface area contributed by atoms with Crippen LogP contribution in [0.1, 0.15) is 41.6 Å². The van der Waals surface area contributed by atoms with Gasteiger partial charge in [-0.3, -0.25) is 4.79 Å². The summed E-state index contributed by atoms with van der Waals surface area (Å²) in [6.45, 7) is 1.26. The van der Waals surface area contributed by atoms with Crippen LogP contribution in [0, 0.1) is 11.6 Å². The lowest BCUT2D eigenvalue weighted by Crippen LogP contribution is -2.37. The van der Waals surface area contributed by atoms with Crippen molar-refractivity contribution in [1.82, 2.24) is 4.31 Å². The van der Waals surface area contributed by atoms with Crippen molar-refractivity contribution in [1.29, 1.82) is 0 Å². The van der Waals surface area contributed by atoms with Crippen molar-refractivity contribution in [3.8, 4) is 0 Å². The van der Waals surface area contributed by atoms with E-state index < -0.39 is 27.6 Å². The molecule has 2 aromatic rings. The van der Waals surface area contributed by atoms with E-state index in [0.717, 1.165) is 31.4 Å². The number of nitrogens with zero attached hydrogens (tertiary/aromatic N) is 2. The number of benzene rings is 2. The molecule has 4 rings (SSSR count). The smallest absolute Gasteiger partial charge is 0.258 e. The van der Waals surface area contributed by atoms with Gasteiger partial charge in [0.1, 0.15) is 11.6 Å². The SMILES string of the molecule is O=C(c1cccc(S(=O)(=O)N2CCCCC2)c1)N1CCCc2c(F)cc(F)cc21. The first-order valence-corrected chi connectivity index (χ1v) is 11.2.